The number of guanidine groups is 1. The van der Waals surface area contributed by atoms with E-state index in [1.54, 1.807) is 14.1 Å². The first-order valence-corrected chi connectivity index (χ1v) is 10.00. The topological polar surface area (TPSA) is 57.2 Å². The van der Waals surface area contributed by atoms with Gasteiger partial charge in [0.1, 0.15) is 5.75 Å². The Bertz CT molecular complexity index is 635. The van der Waals surface area contributed by atoms with E-state index in [2.05, 4.69) is 30.8 Å². The van der Waals surface area contributed by atoms with Crippen LogP contribution in [0.4, 0.5) is 0 Å². The molecule has 6 nitrogen and oxygen atoms in total. The monoisotopic (exact) mass is 516 g/mol. The molecule has 0 saturated carbocycles. The van der Waals surface area contributed by atoms with E-state index < -0.39 is 0 Å². The lowest BCUT2D eigenvalue weighted by Gasteiger charge is -2.22. The first-order chi connectivity index (χ1) is 13.5. The summed E-state index contributed by atoms with van der Waals surface area (Å²) in [4.78, 5) is 20.1. The van der Waals surface area contributed by atoms with E-state index in [4.69, 9.17) is 9.73 Å². The van der Waals surface area contributed by atoms with Crippen LogP contribution in [0.15, 0.2) is 41.9 Å². The molecule has 0 atom stereocenters. The van der Waals surface area contributed by atoms with Gasteiger partial charge in [-0.05, 0) is 43.9 Å². The predicted octanol–water partition coefficient (Wildman–Crippen LogP) is 3.92. The van der Waals surface area contributed by atoms with Crippen molar-refractivity contribution in [3.63, 3.8) is 0 Å². The second-order valence-electron chi connectivity index (χ2n) is 6.95. The van der Waals surface area contributed by atoms with Crippen molar-refractivity contribution in [2.45, 2.75) is 39.2 Å². The number of nitrogens with zero attached hydrogens (tertiary/aromatic N) is 3. The third-order valence-electron chi connectivity index (χ3n) is 4.27. The third kappa shape index (κ3) is 11.7. The highest BCUT2D eigenvalue weighted by molar-refractivity contribution is 14.0. The Hall–Kier alpha value is -1.77. The van der Waals surface area contributed by atoms with Gasteiger partial charge in [-0.2, -0.15) is 0 Å². The van der Waals surface area contributed by atoms with Crippen LogP contribution in [-0.4, -0.2) is 62.5 Å². The average Bonchev–Trinajstić information content (AvgIpc) is 2.69. The zero-order valence-corrected chi connectivity index (χ0v) is 20.6. The molecule has 0 aliphatic heterocycles. The molecular formula is C22H37IN4O2. The molecule has 0 saturated heterocycles. The van der Waals surface area contributed by atoms with Crippen molar-refractivity contribution in [1.82, 2.24) is 15.1 Å². The van der Waals surface area contributed by atoms with Crippen LogP contribution in [-0.2, 0) is 11.3 Å². The lowest BCUT2D eigenvalue weighted by atomic mass is 10.2. The number of carbonyl (C=O) groups excluding carboxylic acids is 1. The number of hydrogen-bond acceptors (Lipinski definition) is 3. The highest BCUT2D eigenvalue weighted by Crippen LogP contribution is 2.14. The number of ether oxygens (including phenoxy) is 1. The summed E-state index contributed by atoms with van der Waals surface area (Å²) in [5.41, 5.74) is 1.05. The molecule has 0 radical (unpaired) electrons. The number of rotatable bonds is 12. The van der Waals surface area contributed by atoms with Crippen LogP contribution in [0.3, 0.4) is 0 Å². The van der Waals surface area contributed by atoms with Crippen LogP contribution < -0.4 is 10.1 Å². The largest absolute Gasteiger partial charge is 0.484 e. The van der Waals surface area contributed by atoms with Crippen molar-refractivity contribution in [2.24, 2.45) is 4.99 Å². The second-order valence-corrected chi connectivity index (χ2v) is 6.95. The van der Waals surface area contributed by atoms with Crippen LogP contribution in [0, 0.1) is 0 Å². The molecule has 29 heavy (non-hydrogen) atoms. The quantitative estimate of drug-likeness (QED) is 0.151. The minimum atomic E-state index is -0.0624. The molecule has 0 aliphatic rings. The summed E-state index contributed by atoms with van der Waals surface area (Å²) in [6, 6.07) is 7.74. The molecule has 1 rings (SSSR count). The number of nitrogens with one attached hydrogen (secondary N) is 1. The number of likely N-dealkylation sites (N-methyl/N-ethyl adjacent to an activating group) is 1. The van der Waals surface area contributed by atoms with Crippen molar-refractivity contribution in [2.75, 3.05) is 40.8 Å². The molecule has 0 aromatic heterocycles. The number of unbranched alkanes of at least 4 members (excludes halogenated alkanes) is 3. The molecule has 0 spiro atoms. The third-order valence-corrected chi connectivity index (χ3v) is 4.27. The number of benzene rings is 1. The van der Waals surface area contributed by atoms with Crippen molar-refractivity contribution >= 4 is 35.8 Å². The molecule has 0 unspecified atom stereocenters. The summed E-state index contributed by atoms with van der Waals surface area (Å²) < 4.78 is 5.58. The summed E-state index contributed by atoms with van der Waals surface area (Å²) in [5.74, 6) is 1.52. The molecule has 1 amide bonds. The Labute approximate surface area is 193 Å². The molecule has 7 heteroatoms. The highest BCUT2D eigenvalue weighted by Gasteiger charge is 2.07. The number of amides is 1. The Kier molecular flexibility index (Phi) is 15.1. The van der Waals surface area contributed by atoms with Crippen LogP contribution in [0.25, 0.3) is 0 Å². The fourth-order valence-corrected chi connectivity index (χ4v) is 2.56. The van der Waals surface area contributed by atoms with Crippen molar-refractivity contribution in [1.29, 1.82) is 0 Å². The van der Waals surface area contributed by atoms with Gasteiger partial charge in [0, 0.05) is 34.2 Å². The van der Waals surface area contributed by atoms with Crippen molar-refractivity contribution < 1.29 is 9.53 Å². The fraction of sp³-hybridized carbons (Fsp3) is 0.545. The number of aliphatic imine (C=N–C) groups is 1. The zero-order valence-electron chi connectivity index (χ0n) is 18.3. The maximum absolute atomic E-state index is 11.7. The summed E-state index contributed by atoms with van der Waals surface area (Å²) >= 11 is 0. The van der Waals surface area contributed by atoms with Gasteiger partial charge in [-0.3, -0.25) is 4.79 Å². The zero-order chi connectivity index (χ0) is 20.8. The second kappa shape index (κ2) is 16.1. The van der Waals surface area contributed by atoms with Crippen LogP contribution in [0.2, 0.25) is 0 Å². The summed E-state index contributed by atoms with van der Waals surface area (Å²) in [5, 5.41) is 3.35. The normalized spacial score (nSPS) is 10.7. The van der Waals surface area contributed by atoms with Gasteiger partial charge < -0.3 is 19.9 Å². The van der Waals surface area contributed by atoms with E-state index in [0.29, 0.717) is 12.3 Å². The molecule has 1 N–H and O–H groups in total. The highest BCUT2D eigenvalue weighted by atomic mass is 127. The van der Waals surface area contributed by atoms with Gasteiger partial charge in [0.2, 0.25) is 0 Å². The van der Waals surface area contributed by atoms with Gasteiger partial charge in [-0.15, -0.1) is 30.6 Å². The lowest BCUT2D eigenvalue weighted by molar-refractivity contribution is -0.130. The fourth-order valence-electron chi connectivity index (χ4n) is 2.56. The van der Waals surface area contributed by atoms with Crippen LogP contribution in [0.1, 0.15) is 38.2 Å². The predicted molar refractivity (Wildman–Crippen MR) is 132 cm³/mol. The Morgan fingerprint density at radius 3 is 2.66 bits per heavy atom. The van der Waals surface area contributed by atoms with E-state index in [1.807, 2.05) is 30.3 Å². The van der Waals surface area contributed by atoms with Gasteiger partial charge in [0.05, 0.1) is 6.54 Å². The molecule has 1 aromatic carbocycles. The SMILES string of the molecule is C=CCCCCCN(C)C(=NCc1cccc(OCC(=O)N(C)C)c1)NCC.I. The van der Waals surface area contributed by atoms with E-state index in [9.17, 15) is 4.79 Å². The smallest absolute Gasteiger partial charge is 0.259 e. The van der Waals surface area contributed by atoms with E-state index in [0.717, 1.165) is 37.5 Å². The molecule has 0 aliphatic carbocycles. The van der Waals surface area contributed by atoms with Crippen LogP contribution >= 0.6 is 24.0 Å². The Balaban J connectivity index is 0.00000784. The molecule has 1 aromatic rings. The summed E-state index contributed by atoms with van der Waals surface area (Å²) in [6.07, 6.45) is 6.58. The molecule has 0 bridgehead atoms. The van der Waals surface area contributed by atoms with Crippen LogP contribution in [0.5, 0.6) is 5.75 Å². The van der Waals surface area contributed by atoms with Crippen molar-refractivity contribution in [3.8, 4) is 5.75 Å². The molecule has 164 valence electrons. The maximum atomic E-state index is 11.7. The van der Waals surface area contributed by atoms with Gasteiger partial charge in [0.15, 0.2) is 12.6 Å². The first kappa shape index (κ1) is 27.2. The van der Waals surface area contributed by atoms with E-state index in [-0.39, 0.29) is 36.5 Å². The first-order valence-electron chi connectivity index (χ1n) is 10.00. The minimum Gasteiger partial charge on any atom is -0.484 e. The lowest BCUT2D eigenvalue weighted by Crippen LogP contribution is -2.39. The maximum Gasteiger partial charge on any atom is 0.259 e. The summed E-state index contributed by atoms with van der Waals surface area (Å²) in [6.45, 7) is 8.23. The van der Waals surface area contributed by atoms with Gasteiger partial charge in [0.25, 0.3) is 5.91 Å². The van der Waals surface area contributed by atoms with Crippen molar-refractivity contribution in [3.05, 3.63) is 42.5 Å². The molecule has 0 fully saturated rings. The molecular weight excluding hydrogens is 479 g/mol. The standard InChI is InChI=1S/C22H36N4O2.HI/c1-6-8-9-10-11-15-26(5)22(23-7-2)24-17-19-13-12-14-20(16-19)28-18-21(27)25(3)4;/h6,12-14,16H,1,7-11,15,17-18H2,2-5H3,(H,23,24);1H. The van der Waals surface area contributed by atoms with Gasteiger partial charge in [-0.25, -0.2) is 4.99 Å². The summed E-state index contributed by atoms with van der Waals surface area (Å²) in [7, 11) is 5.51. The Morgan fingerprint density at radius 1 is 1.24 bits per heavy atom. The average molecular weight is 516 g/mol. The van der Waals surface area contributed by atoms with Gasteiger partial charge in [-0.1, -0.05) is 24.6 Å². The van der Waals surface area contributed by atoms with Gasteiger partial charge >= 0.3 is 0 Å². The van der Waals surface area contributed by atoms with E-state index >= 15 is 0 Å². The number of allylic oxidation sites excluding steroid dienone is 1. The Morgan fingerprint density at radius 2 is 2.00 bits per heavy atom. The minimum absolute atomic E-state index is 0. The van der Waals surface area contributed by atoms with E-state index in [1.165, 1.54) is 17.7 Å². The molecule has 0 heterocycles. The number of hydrogen-bond donors (Lipinski definition) is 1. The number of carbonyl (C=O) groups is 1. The number of halogens is 1.